The van der Waals surface area contributed by atoms with E-state index >= 15 is 0 Å². The third kappa shape index (κ3) is 5.45. The average molecular weight is 449 g/mol. The van der Waals surface area contributed by atoms with Crippen molar-refractivity contribution in [2.45, 2.75) is 13.2 Å². The number of nitrogens with zero attached hydrogens (tertiary/aromatic N) is 2. The molecule has 0 atom stereocenters. The molecule has 0 radical (unpaired) electrons. The Morgan fingerprint density at radius 3 is 2.67 bits per heavy atom. The topological polar surface area (TPSA) is 95.6 Å². The second-order valence-corrected chi connectivity index (χ2v) is 7.04. The van der Waals surface area contributed by atoms with Crippen LogP contribution >= 0.6 is 0 Å². The Kier molecular flexibility index (Phi) is 6.49. The van der Waals surface area contributed by atoms with E-state index in [9.17, 15) is 14.0 Å². The van der Waals surface area contributed by atoms with Gasteiger partial charge in [0.2, 0.25) is 0 Å². The van der Waals surface area contributed by atoms with Gasteiger partial charge in [-0.15, -0.1) is 0 Å². The summed E-state index contributed by atoms with van der Waals surface area (Å²) in [6, 6.07) is 15.8. The van der Waals surface area contributed by atoms with E-state index in [1.807, 2.05) is 12.1 Å². The molecule has 9 heteroatoms. The lowest BCUT2D eigenvalue weighted by molar-refractivity contribution is 0.0599. The minimum Gasteiger partial charge on any atom is -0.486 e. The summed E-state index contributed by atoms with van der Waals surface area (Å²) >= 11 is 0. The average Bonchev–Trinajstić information content (AvgIpc) is 3.48. The first-order chi connectivity index (χ1) is 16.0. The summed E-state index contributed by atoms with van der Waals surface area (Å²) in [5, 5.41) is 6.95. The number of ether oxygens (including phenoxy) is 2. The molecule has 1 amide bonds. The van der Waals surface area contributed by atoms with Gasteiger partial charge >= 0.3 is 5.97 Å². The molecule has 2 aromatic carbocycles. The number of rotatable bonds is 8. The van der Waals surface area contributed by atoms with Crippen molar-refractivity contribution in [2.24, 2.45) is 0 Å². The van der Waals surface area contributed by atoms with E-state index in [1.54, 1.807) is 29.1 Å². The molecule has 1 N–H and O–H groups in total. The van der Waals surface area contributed by atoms with Crippen LogP contribution in [0.1, 0.15) is 32.2 Å². The Hall–Kier alpha value is -4.40. The van der Waals surface area contributed by atoms with E-state index in [1.165, 1.54) is 43.6 Å². The van der Waals surface area contributed by atoms with Crippen molar-refractivity contribution < 1.29 is 27.9 Å². The van der Waals surface area contributed by atoms with Crippen LogP contribution in [0.4, 0.5) is 10.1 Å². The number of aromatic nitrogens is 2. The van der Waals surface area contributed by atoms with Gasteiger partial charge in [0.25, 0.3) is 5.91 Å². The number of carbonyl (C=O) groups is 2. The zero-order chi connectivity index (χ0) is 23.2. The predicted octanol–water partition coefficient (Wildman–Crippen LogP) is 4.28. The van der Waals surface area contributed by atoms with Crippen LogP contribution in [0, 0.1) is 5.82 Å². The van der Waals surface area contributed by atoms with E-state index in [0.717, 1.165) is 5.56 Å². The lowest BCUT2D eigenvalue weighted by Gasteiger charge is -2.07. The molecule has 0 bridgehead atoms. The van der Waals surface area contributed by atoms with Gasteiger partial charge in [0.05, 0.1) is 31.1 Å². The van der Waals surface area contributed by atoms with Crippen LogP contribution in [0.15, 0.2) is 77.5 Å². The van der Waals surface area contributed by atoms with Crippen molar-refractivity contribution in [2.75, 3.05) is 12.4 Å². The highest BCUT2D eigenvalue weighted by molar-refractivity contribution is 6.02. The van der Waals surface area contributed by atoms with Gasteiger partial charge in [0.15, 0.2) is 5.76 Å². The highest BCUT2D eigenvalue weighted by Gasteiger charge is 2.15. The molecule has 0 aliphatic heterocycles. The van der Waals surface area contributed by atoms with Crippen molar-refractivity contribution >= 4 is 17.6 Å². The van der Waals surface area contributed by atoms with Gasteiger partial charge < -0.3 is 19.2 Å². The summed E-state index contributed by atoms with van der Waals surface area (Å²) in [4.78, 5) is 24.4. The first-order valence-electron chi connectivity index (χ1n) is 9.99. The van der Waals surface area contributed by atoms with Crippen LogP contribution in [0.3, 0.4) is 0 Å². The minimum atomic E-state index is -0.447. The summed E-state index contributed by atoms with van der Waals surface area (Å²) < 4.78 is 30.4. The second-order valence-electron chi connectivity index (χ2n) is 7.04. The van der Waals surface area contributed by atoms with Crippen molar-refractivity contribution in [3.8, 4) is 5.75 Å². The van der Waals surface area contributed by atoms with Crippen molar-refractivity contribution in [1.29, 1.82) is 0 Å². The van der Waals surface area contributed by atoms with E-state index in [0.29, 0.717) is 29.3 Å². The van der Waals surface area contributed by atoms with Crippen LogP contribution in [0.25, 0.3) is 0 Å². The fourth-order valence-corrected chi connectivity index (χ4v) is 3.11. The molecule has 2 aromatic heterocycles. The van der Waals surface area contributed by atoms with Gasteiger partial charge in [-0.1, -0.05) is 18.2 Å². The first kappa shape index (κ1) is 21.8. The third-order valence-corrected chi connectivity index (χ3v) is 4.73. The second kappa shape index (κ2) is 9.82. The highest BCUT2D eigenvalue weighted by atomic mass is 19.1. The minimum absolute atomic E-state index is 0.0937. The molecular formula is C24H20FN3O5. The Labute approximate surface area is 188 Å². The molecule has 0 saturated carbocycles. The fourth-order valence-electron chi connectivity index (χ4n) is 3.11. The van der Waals surface area contributed by atoms with E-state index in [4.69, 9.17) is 13.9 Å². The normalized spacial score (nSPS) is 10.6. The summed E-state index contributed by atoms with van der Waals surface area (Å²) in [6.07, 6.45) is 3.15. The molecule has 168 valence electrons. The molecule has 8 nitrogen and oxygen atoms in total. The van der Waals surface area contributed by atoms with Crippen LogP contribution in [-0.4, -0.2) is 28.8 Å². The van der Waals surface area contributed by atoms with Crippen LogP contribution < -0.4 is 10.1 Å². The van der Waals surface area contributed by atoms with Gasteiger partial charge in [-0.2, -0.15) is 5.10 Å². The van der Waals surface area contributed by atoms with E-state index < -0.39 is 11.9 Å². The van der Waals surface area contributed by atoms with Crippen molar-refractivity contribution in [1.82, 2.24) is 9.78 Å². The maximum absolute atomic E-state index is 13.0. The lowest BCUT2D eigenvalue weighted by atomic mass is 10.1. The number of amides is 1. The Morgan fingerprint density at radius 2 is 1.88 bits per heavy atom. The lowest BCUT2D eigenvalue weighted by Crippen LogP contribution is -2.11. The number of hydrogen-bond donors (Lipinski definition) is 1. The monoisotopic (exact) mass is 449 g/mol. The van der Waals surface area contributed by atoms with Gasteiger partial charge in [0, 0.05) is 6.20 Å². The first-order valence-corrected chi connectivity index (χ1v) is 9.99. The molecule has 0 fully saturated rings. The molecule has 2 heterocycles. The molecule has 0 saturated heterocycles. The summed E-state index contributed by atoms with van der Waals surface area (Å²) in [6.45, 7) is 0.420. The maximum Gasteiger partial charge on any atom is 0.338 e. The molecule has 0 unspecified atom stereocenters. The predicted molar refractivity (Wildman–Crippen MR) is 117 cm³/mol. The molecule has 0 aliphatic carbocycles. The fraction of sp³-hybridized carbons (Fsp3) is 0.125. The summed E-state index contributed by atoms with van der Waals surface area (Å²) in [5.74, 6) is -0.188. The van der Waals surface area contributed by atoms with Crippen LogP contribution in [-0.2, 0) is 17.9 Å². The Balaban J connectivity index is 1.35. The van der Waals surface area contributed by atoms with Crippen LogP contribution in [0.2, 0.25) is 0 Å². The van der Waals surface area contributed by atoms with Gasteiger partial charge in [0.1, 0.15) is 23.9 Å². The zero-order valence-corrected chi connectivity index (χ0v) is 17.7. The highest BCUT2D eigenvalue weighted by Crippen LogP contribution is 2.17. The third-order valence-electron chi connectivity index (χ3n) is 4.73. The largest absolute Gasteiger partial charge is 0.486 e. The van der Waals surface area contributed by atoms with Crippen molar-refractivity contribution in [3.63, 3.8) is 0 Å². The number of anilines is 1. The smallest absolute Gasteiger partial charge is 0.338 e. The molecular weight excluding hydrogens is 429 g/mol. The van der Waals surface area contributed by atoms with E-state index in [-0.39, 0.29) is 18.2 Å². The SMILES string of the molecule is COC(=O)c1ccccc1Cn1cc(NC(=O)c2ccc(COc3ccc(F)cc3)o2)cn1. The Morgan fingerprint density at radius 1 is 1.09 bits per heavy atom. The number of methoxy groups -OCH3 is 1. The zero-order valence-electron chi connectivity index (χ0n) is 17.7. The standard InChI is InChI=1S/C24H20FN3O5/c1-31-24(30)21-5-3-2-4-16(21)13-28-14-18(12-26-28)27-23(29)22-11-10-20(33-22)15-32-19-8-6-17(25)7-9-19/h2-12,14H,13,15H2,1H3,(H,27,29). The van der Waals surface area contributed by atoms with Crippen molar-refractivity contribution in [3.05, 3.63) is 102 Å². The molecule has 0 spiro atoms. The number of halogens is 1. The van der Waals surface area contributed by atoms with E-state index in [2.05, 4.69) is 10.4 Å². The van der Waals surface area contributed by atoms with Gasteiger partial charge in [-0.3, -0.25) is 9.48 Å². The summed E-state index contributed by atoms with van der Waals surface area (Å²) in [5.41, 5.74) is 1.66. The molecule has 33 heavy (non-hydrogen) atoms. The Bertz CT molecular complexity index is 1260. The molecule has 4 aromatic rings. The quantitative estimate of drug-likeness (QED) is 0.404. The number of esters is 1. The number of nitrogens with one attached hydrogen (secondary N) is 1. The summed E-state index contributed by atoms with van der Waals surface area (Å²) in [7, 11) is 1.33. The number of benzene rings is 2. The maximum atomic E-state index is 13.0. The molecule has 4 rings (SSSR count). The number of carbonyl (C=O) groups excluding carboxylic acids is 2. The van der Waals surface area contributed by atoms with Gasteiger partial charge in [-0.05, 0) is 48.0 Å². The number of furan rings is 1. The van der Waals surface area contributed by atoms with Crippen LogP contribution in [0.5, 0.6) is 5.75 Å². The molecule has 0 aliphatic rings. The number of hydrogen-bond acceptors (Lipinski definition) is 6. The van der Waals surface area contributed by atoms with Gasteiger partial charge in [-0.25, -0.2) is 9.18 Å².